The van der Waals surface area contributed by atoms with Gasteiger partial charge in [-0.05, 0) is 57.2 Å². The lowest BCUT2D eigenvalue weighted by Crippen LogP contribution is -2.24. The molecule has 1 aliphatic carbocycles. The standard InChI is InChI=1S/C27H38N4O5Si/c1-27(2,3)36-25(32)21-15-30(29-28-21)16-23-24(26(33)34-4)20-11-10-19(18-8-9-18)14-22(20)31(23)17-35-12-13-37(5,6)7/h10-11,14-15,18H,8-9,12-13,16-17H2,1-7H3. The normalized spacial score (nSPS) is 14.2. The van der Waals surface area contributed by atoms with Crippen LogP contribution in [0, 0.1) is 0 Å². The topological polar surface area (TPSA) is 97.5 Å². The highest BCUT2D eigenvalue weighted by atomic mass is 28.3. The number of carbonyl (C=O) groups excluding carboxylic acids is 2. The van der Waals surface area contributed by atoms with Gasteiger partial charge in [-0.25, -0.2) is 14.3 Å². The van der Waals surface area contributed by atoms with Crippen LogP contribution in [-0.4, -0.2) is 58.9 Å². The van der Waals surface area contributed by atoms with E-state index in [1.54, 1.807) is 31.6 Å². The molecular formula is C27H38N4O5Si. The first-order valence-corrected chi connectivity index (χ1v) is 16.5. The van der Waals surface area contributed by atoms with Crippen LogP contribution in [0.15, 0.2) is 24.4 Å². The van der Waals surface area contributed by atoms with E-state index in [0.717, 1.165) is 16.9 Å². The fourth-order valence-electron chi connectivity index (χ4n) is 4.22. The molecule has 0 saturated heterocycles. The molecule has 0 aliphatic heterocycles. The highest BCUT2D eigenvalue weighted by Gasteiger charge is 2.28. The fourth-order valence-corrected chi connectivity index (χ4v) is 4.98. The van der Waals surface area contributed by atoms with E-state index in [-0.39, 0.29) is 12.2 Å². The number of rotatable bonds is 10. The second-order valence-corrected chi connectivity index (χ2v) is 17.6. The summed E-state index contributed by atoms with van der Waals surface area (Å²) in [5.41, 5.74) is 2.84. The Morgan fingerprint density at radius 3 is 2.49 bits per heavy atom. The molecule has 0 atom stereocenters. The van der Waals surface area contributed by atoms with Gasteiger partial charge in [-0.15, -0.1) is 5.10 Å². The summed E-state index contributed by atoms with van der Waals surface area (Å²) in [4.78, 5) is 25.5. The predicted molar refractivity (Wildman–Crippen MR) is 144 cm³/mol. The minimum absolute atomic E-state index is 0.111. The van der Waals surface area contributed by atoms with E-state index < -0.39 is 25.6 Å². The number of nitrogens with zero attached hydrogens (tertiary/aromatic N) is 4. The minimum atomic E-state index is -1.26. The van der Waals surface area contributed by atoms with Crippen LogP contribution in [0.3, 0.4) is 0 Å². The van der Waals surface area contributed by atoms with Gasteiger partial charge in [-0.1, -0.05) is 37.0 Å². The molecule has 0 unspecified atom stereocenters. The van der Waals surface area contributed by atoms with E-state index >= 15 is 0 Å². The molecule has 2 heterocycles. The van der Waals surface area contributed by atoms with Crippen molar-refractivity contribution in [1.82, 2.24) is 19.6 Å². The van der Waals surface area contributed by atoms with Gasteiger partial charge in [0.15, 0.2) is 5.69 Å². The first-order valence-electron chi connectivity index (χ1n) is 12.8. The predicted octanol–water partition coefficient (Wildman–Crippen LogP) is 5.21. The van der Waals surface area contributed by atoms with Crippen molar-refractivity contribution in [2.75, 3.05) is 13.7 Å². The Morgan fingerprint density at radius 2 is 1.86 bits per heavy atom. The number of aromatic nitrogens is 4. The van der Waals surface area contributed by atoms with Gasteiger partial charge in [0.05, 0.1) is 36.6 Å². The molecule has 1 saturated carbocycles. The average molecular weight is 527 g/mol. The van der Waals surface area contributed by atoms with Gasteiger partial charge in [0.25, 0.3) is 0 Å². The van der Waals surface area contributed by atoms with Gasteiger partial charge in [-0.3, -0.25) is 0 Å². The van der Waals surface area contributed by atoms with E-state index in [2.05, 4.69) is 42.1 Å². The zero-order chi connectivity index (χ0) is 27.0. The lowest BCUT2D eigenvalue weighted by atomic mass is 10.1. The lowest BCUT2D eigenvalue weighted by Gasteiger charge is -2.18. The van der Waals surface area contributed by atoms with E-state index in [1.165, 1.54) is 25.5 Å². The minimum Gasteiger partial charge on any atom is -0.465 e. The van der Waals surface area contributed by atoms with E-state index in [1.807, 2.05) is 10.6 Å². The van der Waals surface area contributed by atoms with Crippen molar-refractivity contribution in [3.05, 3.63) is 46.9 Å². The summed E-state index contributed by atoms with van der Waals surface area (Å²) in [7, 11) is 0.126. The largest absolute Gasteiger partial charge is 0.465 e. The Hall–Kier alpha value is -2.98. The number of esters is 2. The summed E-state index contributed by atoms with van der Waals surface area (Å²) in [5.74, 6) is -0.402. The smallest absolute Gasteiger partial charge is 0.361 e. The number of benzene rings is 1. The first kappa shape index (κ1) is 27.1. The molecule has 10 heteroatoms. The SMILES string of the molecule is COC(=O)c1c(Cn2cc(C(=O)OC(C)(C)C)nn2)n(COCC[Si](C)(C)C)c2cc(C3CC3)ccc12. The van der Waals surface area contributed by atoms with Crippen molar-refractivity contribution in [3.63, 3.8) is 0 Å². The maximum Gasteiger partial charge on any atom is 0.361 e. The second kappa shape index (κ2) is 10.4. The van der Waals surface area contributed by atoms with Crippen molar-refractivity contribution >= 4 is 30.9 Å². The molecule has 9 nitrogen and oxygen atoms in total. The second-order valence-electron chi connectivity index (χ2n) is 11.9. The van der Waals surface area contributed by atoms with E-state index in [0.29, 0.717) is 30.5 Å². The van der Waals surface area contributed by atoms with Crippen LogP contribution in [-0.2, 0) is 27.5 Å². The van der Waals surface area contributed by atoms with Crippen LogP contribution in [0.4, 0.5) is 0 Å². The number of methoxy groups -OCH3 is 1. The third kappa shape index (κ3) is 6.67. The van der Waals surface area contributed by atoms with Gasteiger partial charge < -0.3 is 18.8 Å². The van der Waals surface area contributed by atoms with Gasteiger partial charge in [0, 0.05) is 20.1 Å². The van der Waals surface area contributed by atoms with E-state index in [4.69, 9.17) is 14.2 Å². The molecule has 200 valence electrons. The molecule has 0 spiro atoms. The van der Waals surface area contributed by atoms with Crippen LogP contribution < -0.4 is 0 Å². The number of carbonyl (C=O) groups is 2. The van der Waals surface area contributed by atoms with Gasteiger partial charge in [-0.2, -0.15) is 0 Å². The third-order valence-electron chi connectivity index (χ3n) is 6.31. The van der Waals surface area contributed by atoms with Crippen LogP contribution in [0.25, 0.3) is 10.9 Å². The van der Waals surface area contributed by atoms with E-state index in [9.17, 15) is 9.59 Å². The molecule has 0 bridgehead atoms. The third-order valence-corrected chi connectivity index (χ3v) is 8.01. The van der Waals surface area contributed by atoms with Crippen molar-refractivity contribution in [2.45, 2.75) is 84.1 Å². The number of fused-ring (bicyclic) bond motifs is 1. The Kier molecular flexibility index (Phi) is 7.61. The van der Waals surface area contributed by atoms with Gasteiger partial charge in [0.1, 0.15) is 12.3 Å². The monoisotopic (exact) mass is 526 g/mol. The molecule has 0 radical (unpaired) electrons. The molecule has 0 amide bonds. The number of hydrogen-bond donors (Lipinski definition) is 0. The van der Waals surface area contributed by atoms with Crippen LogP contribution in [0.1, 0.15) is 71.6 Å². The van der Waals surface area contributed by atoms with Crippen molar-refractivity contribution in [1.29, 1.82) is 0 Å². The Bertz CT molecular complexity index is 1290. The summed E-state index contributed by atoms with van der Waals surface area (Å²) >= 11 is 0. The zero-order valence-corrected chi connectivity index (χ0v) is 24.0. The Morgan fingerprint density at radius 1 is 1.14 bits per heavy atom. The van der Waals surface area contributed by atoms with Crippen molar-refractivity contribution in [2.24, 2.45) is 0 Å². The molecule has 1 aliphatic rings. The molecule has 2 aromatic heterocycles. The summed E-state index contributed by atoms with van der Waals surface area (Å²) in [6, 6.07) is 7.31. The number of hydrogen-bond acceptors (Lipinski definition) is 7. The summed E-state index contributed by atoms with van der Waals surface area (Å²) in [6.45, 7) is 13.5. The quantitative estimate of drug-likeness (QED) is 0.203. The first-order chi connectivity index (χ1) is 17.4. The summed E-state index contributed by atoms with van der Waals surface area (Å²) in [6.07, 6.45) is 3.91. The van der Waals surface area contributed by atoms with Crippen LogP contribution >= 0.6 is 0 Å². The maximum absolute atomic E-state index is 13.0. The lowest BCUT2D eigenvalue weighted by molar-refractivity contribution is 0.00624. The van der Waals surface area contributed by atoms with Crippen LogP contribution in [0.5, 0.6) is 0 Å². The average Bonchev–Trinajstić information content (AvgIpc) is 3.47. The van der Waals surface area contributed by atoms with Crippen LogP contribution in [0.2, 0.25) is 25.7 Å². The Labute approximate surface area is 219 Å². The molecular weight excluding hydrogens is 488 g/mol. The maximum atomic E-state index is 13.0. The van der Waals surface area contributed by atoms with Gasteiger partial charge in [0.2, 0.25) is 0 Å². The Balaban J connectivity index is 1.72. The highest BCUT2D eigenvalue weighted by Crippen LogP contribution is 2.42. The molecule has 1 fully saturated rings. The highest BCUT2D eigenvalue weighted by molar-refractivity contribution is 6.76. The molecule has 1 aromatic carbocycles. The summed E-state index contributed by atoms with van der Waals surface area (Å²) < 4.78 is 20.3. The van der Waals surface area contributed by atoms with Crippen molar-refractivity contribution < 1.29 is 23.8 Å². The fraction of sp³-hybridized carbons (Fsp3) is 0.556. The molecule has 0 N–H and O–H groups in total. The number of ether oxygens (including phenoxy) is 3. The zero-order valence-electron chi connectivity index (χ0n) is 23.0. The van der Waals surface area contributed by atoms with Crippen molar-refractivity contribution in [3.8, 4) is 0 Å². The molecule has 37 heavy (non-hydrogen) atoms. The molecule has 3 aromatic rings. The summed E-state index contributed by atoms with van der Waals surface area (Å²) in [5, 5.41) is 8.97. The van der Waals surface area contributed by atoms with Gasteiger partial charge >= 0.3 is 11.9 Å². The molecule has 4 rings (SSSR count).